The second-order valence-corrected chi connectivity index (χ2v) is 12.0. The van der Waals surface area contributed by atoms with Crippen molar-refractivity contribution in [2.24, 2.45) is 10.4 Å². The van der Waals surface area contributed by atoms with Crippen LogP contribution in [0.4, 0.5) is 5.82 Å². The lowest BCUT2D eigenvalue weighted by molar-refractivity contribution is -0.155. The molecule has 2 fully saturated rings. The number of halogens is 1. The zero-order valence-corrected chi connectivity index (χ0v) is 26.7. The first-order valence-corrected chi connectivity index (χ1v) is 15.6. The highest BCUT2D eigenvalue weighted by atomic mass is 35.5. The molecule has 236 valence electrons. The minimum atomic E-state index is -0.571. The number of pyridine rings is 1. The van der Waals surface area contributed by atoms with Gasteiger partial charge in [-0.15, -0.1) is 0 Å². The highest BCUT2D eigenvalue weighted by molar-refractivity contribution is 6.32. The van der Waals surface area contributed by atoms with Gasteiger partial charge in [-0.3, -0.25) is 0 Å². The molecule has 11 heteroatoms. The molecule has 2 aliphatic rings. The number of anilines is 1. The van der Waals surface area contributed by atoms with Gasteiger partial charge < -0.3 is 30.2 Å². The van der Waals surface area contributed by atoms with Crippen molar-refractivity contribution in [2.75, 3.05) is 38.3 Å². The average Bonchev–Trinajstić information content (AvgIpc) is 3.02. The average molecular weight is 615 g/mol. The first-order valence-electron chi connectivity index (χ1n) is 15.2. The molecule has 0 radical (unpaired) electrons. The topological polar surface area (TPSA) is 130 Å². The van der Waals surface area contributed by atoms with Crippen LogP contribution in [0.2, 0.25) is 0 Å². The molecule has 3 N–H and O–H groups in total. The molecular formula is C32H47ClN6O4. The van der Waals surface area contributed by atoms with Gasteiger partial charge in [-0.25, -0.2) is 14.8 Å². The summed E-state index contributed by atoms with van der Waals surface area (Å²) in [4.78, 5) is 20.8. The van der Waals surface area contributed by atoms with Gasteiger partial charge in [0.2, 0.25) is 0 Å². The molecule has 1 aromatic rings. The summed E-state index contributed by atoms with van der Waals surface area (Å²) in [7, 11) is 0. The first kappa shape index (κ1) is 34.5. The highest BCUT2D eigenvalue weighted by Crippen LogP contribution is 2.30. The number of esters is 1. The molecule has 3 rings (SSSR count). The van der Waals surface area contributed by atoms with E-state index < -0.39 is 11.5 Å². The number of rotatable bonds is 15. The second kappa shape index (κ2) is 17.4. The van der Waals surface area contributed by atoms with E-state index in [1.165, 1.54) is 0 Å². The van der Waals surface area contributed by atoms with Crippen LogP contribution in [-0.2, 0) is 19.0 Å². The predicted octanol–water partition coefficient (Wildman–Crippen LogP) is 5.17. The summed E-state index contributed by atoms with van der Waals surface area (Å²) in [6.45, 7) is 13.7. The van der Waals surface area contributed by atoms with Crippen molar-refractivity contribution in [2.45, 2.75) is 90.4 Å². The van der Waals surface area contributed by atoms with Gasteiger partial charge in [0.1, 0.15) is 11.6 Å². The Balaban J connectivity index is 1.54. The molecule has 1 aliphatic carbocycles. The Kier molecular flexibility index (Phi) is 13.9. The highest BCUT2D eigenvalue weighted by Gasteiger charge is 2.32. The Morgan fingerprint density at radius 2 is 1.98 bits per heavy atom. The Hall–Kier alpha value is -2.97. The van der Waals surface area contributed by atoms with E-state index in [1.807, 2.05) is 31.2 Å². The van der Waals surface area contributed by atoms with Gasteiger partial charge in [-0.1, -0.05) is 17.7 Å². The number of aliphatic imine (C=N–C) groups is 1. The minimum absolute atomic E-state index is 0.121. The SMILES string of the molecule is C=N/C(=C\C(=C(/C)Cl)c1cccc(NCC2(C#N)CCOCC2)n1)NC1CCC(N[C@H](C)CO[C@@H](C)C(=O)OCC)CC1. The molecule has 0 amide bonds. The maximum Gasteiger partial charge on any atom is 0.334 e. The summed E-state index contributed by atoms with van der Waals surface area (Å²) >= 11 is 6.55. The molecule has 1 saturated heterocycles. The normalized spacial score (nSPS) is 22.4. The molecule has 0 aromatic carbocycles. The standard InChI is InChI=1S/C32H47ClN6O4/c1-6-42-31(40)24(4)43-19-22(2)37-25-10-12-26(13-11-25)38-30(35-5)18-27(23(3)33)28-8-7-9-29(39-28)36-21-32(20-34)14-16-41-17-15-32/h7-9,18,22,24-26,37-38H,5-6,10-17,19,21H2,1-4H3,(H,36,39)/b27-23-,30-18+/t22-,24+,25?,26?/m1/s1. The van der Waals surface area contributed by atoms with E-state index >= 15 is 0 Å². The van der Waals surface area contributed by atoms with Crippen molar-refractivity contribution in [3.05, 3.63) is 40.8 Å². The molecule has 0 bridgehead atoms. The Morgan fingerprint density at radius 1 is 1.28 bits per heavy atom. The van der Waals surface area contributed by atoms with E-state index in [1.54, 1.807) is 13.8 Å². The number of nitrogens with one attached hydrogen (secondary N) is 3. The number of carbonyl (C=O) groups excluding carboxylic acids is 1. The fourth-order valence-electron chi connectivity index (χ4n) is 5.33. The monoisotopic (exact) mass is 614 g/mol. The summed E-state index contributed by atoms with van der Waals surface area (Å²) in [6.07, 6.45) is 6.67. The van der Waals surface area contributed by atoms with E-state index in [2.05, 4.69) is 40.7 Å². The van der Waals surface area contributed by atoms with Crippen LogP contribution in [-0.4, -0.2) is 74.9 Å². The largest absolute Gasteiger partial charge is 0.464 e. The van der Waals surface area contributed by atoms with Crippen molar-refractivity contribution in [3.8, 4) is 6.07 Å². The summed E-state index contributed by atoms with van der Waals surface area (Å²) in [5, 5.41) is 20.9. The number of allylic oxidation sites excluding steroid dienone is 3. The lowest BCUT2D eigenvalue weighted by Gasteiger charge is -2.32. The minimum Gasteiger partial charge on any atom is -0.464 e. The third-order valence-electron chi connectivity index (χ3n) is 7.96. The number of hydrogen-bond acceptors (Lipinski definition) is 10. The third-order valence-corrected chi connectivity index (χ3v) is 8.16. The summed E-state index contributed by atoms with van der Waals surface area (Å²) < 4.78 is 16.1. The third kappa shape index (κ3) is 10.9. The van der Waals surface area contributed by atoms with E-state index in [0.29, 0.717) is 74.2 Å². The van der Waals surface area contributed by atoms with Crippen molar-refractivity contribution in [1.82, 2.24) is 15.6 Å². The van der Waals surface area contributed by atoms with Crippen LogP contribution < -0.4 is 16.0 Å². The van der Waals surface area contributed by atoms with Crippen molar-refractivity contribution in [3.63, 3.8) is 0 Å². The Bertz CT molecular complexity index is 1160. The maximum atomic E-state index is 11.8. The molecule has 2 atom stereocenters. The molecule has 2 heterocycles. The van der Waals surface area contributed by atoms with Gasteiger partial charge in [-0.2, -0.15) is 5.26 Å². The summed E-state index contributed by atoms with van der Waals surface area (Å²) in [6, 6.07) is 8.96. The van der Waals surface area contributed by atoms with Crippen LogP contribution in [0.5, 0.6) is 0 Å². The van der Waals surface area contributed by atoms with Gasteiger partial charge in [0.15, 0.2) is 6.10 Å². The number of nitriles is 1. The van der Waals surface area contributed by atoms with Crippen LogP contribution in [0.25, 0.3) is 5.57 Å². The van der Waals surface area contributed by atoms with Crippen LogP contribution in [0.3, 0.4) is 0 Å². The Labute approximate surface area is 261 Å². The number of nitrogens with zero attached hydrogens (tertiary/aromatic N) is 3. The number of carbonyl (C=O) groups is 1. The van der Waals surface area contributed by atoms with Crippen LogP contribution in [0, 0.1) is 16.7 Å². The van der Waals surface area contributed by atoms with E-state index in [9.17, 15) is 10.1 Å². The van der Waals surface area contributed by atoms with E-state index in [-0.39, 0.29) is 18.1 Å². The lowest BCUT2D eigenvalue weighted by atomic mass is 9.82. The lowest BCUT2D eigenvalue weighted by Crippen LogP contribution is -2.44. The fourth-order valence-corrected chi connectivity index (χ4v) is 5.48. The van der Waals surface area contributed by atoms with Crippen molar-refractivity contribution < 1.29 is 19.0 Å². The quantitative estimate of drug-likeness (QED) is 0.139. The van der Waals surface area contributed by atoms with Crippen LogP contribution in [0.1, 0.15) is 71.9 Å². The van der Waals surface area contributed by atoms with Crippen molar-refractivity contribution in [1.29, 1.82) is 5.26 Å². The number of hydrogen-bond donors (Lipinski definition) is 3. The van der Waals surface area contributed by atoms with Gasteiger partial charge in [0.25, 0.3) is 0 Å². The first-order chi connectivity index (χ1) is 20.7. The van der Waals surface area contributed by atoms with E-state index in [0.717, 1.165) is 31.3 Å². The van der Waals surface area contributed by atoms with Crippen molar-refractivity contribution >= 4 is 35.7 Å². The fraction of sp³-hybridized carbons (Fsp3) is 0.625. The van der Waals surface area contributed by atoms with Gasteiger partial charge in [-0.05, 0) is 91.1 Å². The summed E-state index contributed by atoms with van der Waals surface area (Å²) in [5.74, 6) is 0.999. The summed E-state index contributed by atoms with van der Waals surface area (Å²) in [5.41, 5.74) is 1.01. The zero-order chi connectivity index (χ0) is 31.2. The molecule has 10 nitrogen and oxygen atoms in total. The smallest absolute Gasteiger partial charge is 0.334 e. The number of ether oxygens (including phenoxy) is 3. The molecular weight excluding hydrogens is 568 g/mol. The molecule has 1 aliphatic heterocycles. The van der Waals surface area contributed by atoms with Crippen LogP contribution in [0.15, 0.2) is 40.1 Å². The Morgan fingerprint density at radius 3 is 2.60 bits per heavy atom. The molecule has 0 spiro atoms. The molecule has 43 heavy (non-hydrogen) atoms. The second-order valence-electron chi connectivity index (χ2n) is 11.4. The molecule has 1 saturated carbocycles. The maximum absolute atomic E-state index is 11.8. The number of aromatic nitrogens is 1. The predicted molar refractivity (Wildman–Crippen MR) is 171 cm³/mol. The van der Waals surface area contributed by atoms with E-state index in [4.69, 9.17) is 30.8 Å². The van der Waals surface area contributed by atoms with Gasteiger partial charge >= 0.3 is 5.97 Å². The molecule has 0 unspecified atom stereocenters. The van der Waals surface area contributed by atoms with Gasteiger partial charge in [0, 0.05) is 48.5 Å². The molecule has 1 aromatic heterocycles. The zero-order valence-electron chi connectivity index (χ0n) is 26.0. The van der Waals surface area contributed by atoms with Crippen LogP contribution >= 0.6 is 11.6 Å². The van der Waals surface area contributed by atoms with Gasteiger partial charge in [0.05, 0.1) is 30.4 Å².